The Hall–Kier alpha value is -2.04. The van der Waals surface area contributed by atoms with Gasteiger partial charge >= 0.3 is 0 Å². The molecule has 5 heteroatoms. The van der Waals surface area contributed by atoms with E-state index in [9.17, 15) is 5.11 Å². The van der Waals surface area contributed by atoms with Gasteiger partial charge in [-0.25, -0.2) is 0 Å². The van der Waals surface area contributed by atoms with E-state index in [0.717, 1.165) is 5.69 Å². The molecule has 0 amide bonds. The molecule has 1 heterocycles. The summed E-state index contributed by atoms with van der Waals surface area (Å²) in [7, 11) is 0. The molecule has 0 radical (unpaired) electrons. The van der Waals surface area contributed by atoms with Crippen molar-refractivity contribution in [2.75, 3.05) is 5.73 Å². The number of phenolic OH excluding ortho intramolecular Hbond substituents is 1. The molecule has 3 N–H and O–H groups in total. The predicted octanol–water partition coefficient (Wildman–Crippen LogP) is 0.555. The second kappa shape index (κ2) is 2.78. The molecule has 0 atom stereocenters. The van der Waals surface area contributed by atoms with Gasteiger partial charge in [0.15, 0.2) is 0 Å². The lowest BCUT2D eigenvalue weighted by Gasteiger charge is -2.03. The summed E-state index contributed by atoms with van der Waals surface area (Å²) in [5.41, 5.74) is 6.58. The minimum atomic E-state index is 0.0613. The molecule has 2 aromatic rings. The minimum absolute atomic E-state index is 0.0613. The van der Waals surface area contributed by atoms with Crippen molar-refractivity contribution in [1.29, 1.82) is 0 Å². The third kappa shape index (κ3) is 1.31. The molecule has 0 saturated carbocycles. The van der Waals surface area contributed by atoms with Crippen LogP contribution in [0.5, 0.6) is 5.75 Å². The molecule has 0 aliphatic carbocycles. The molecule has 1 aromatic heterocycles. The normalized spacial score (nSPS) is 10.2. The van der Waals surface area contributed by atoms with Gasteiger partial charge in [0.25, 0.3) is 0 Å². The Kier molecular flexibility index (Phi) is 1.63. The highest BCUT2D eigenvalue weighted by molar-refractivity contribution is 5.56. The van der Waals surface area contributed by atoms with E-state index in [1.165, 1.54) is 0 Å². The van der Waals surface area contributed by atoms with Crippen LogP contribution in [0.15, 0.2) is 30.9 Å². The lowest BCUT2D eigenvalue weighted by Crippen LogP contribution is -1.91. The lowest BCUT2D eigenvalue weighted by molar-refractivity contribution is 0.477. The van der Waals surface area contributed by atoms with Crippen LogP contribution in [0, 0.1) is 0 Å². The summed E-state index contributed by atoms with van der Waals surface area (Å²) in [5, 5.41) is 16.6. The zero-order chi connectivity index (χ0) is 9.26. The molecule has 5 nitrogen and oxygen atoms in total. The van der Waals surface area contributed by atoms with E-state index < -0.39 is 0 Å². The van der Waals surface area contributed by atoms with Gasteiger partial charge in [-0.05, 0) is 12.1 Å². The Labute approximate surface area is 74.4 Å². The van der Waals surface area contributed by atoms with E-state index in [1.807, 2.05) is 0 Å². The summed E-state index contributed by atoms with van der Waals surface area (Å²) in [6.07, 6.45) is 3.09. The molecule has 1 aromatic carbocycles. The Bertz CT molecular complexity index is 410. The molecular formula is C8H8N4O. The summed E-state index contributed by atoms with van der Waals surface area (Å²) in [6, 6.07) is 4.96. The molecule has 0 aliphatic rings. The van der Waals surface area contributed by atoms with Crippen LogP contribution in [0.3, 0.4) is 0 Å². The first kappa shape index (κ1) is 7.60. The Balaban J connectivity index is 2.49. The molecule has 66 valence electrons. The molecule has 0 fully saturated rings. The number of phenols is 1. The summed E-state index contributed by atoms with van der Waals surface area (Å²) in [6.45, 7) is 0. The van der Waals surface area contributed by atoms with E-state index in [1.54, 1.807) is 35.4 Å². The van der Waals surface area contributed by atoms with Gasteiger partial charge in [0.05, 0.1) is 11.4 Å². The van der Waals surface area contributed by atoms with Gasteiger partial charge in [0.1, 0.15) is 18.4 Å². The van der Waals surface area contributed by atoms with Crippen molar-refractivity contribution < 1.29 is 5.11 Å². The van der Waals surface area contributed by atoms with E-state index in [2.05, 4.69) is 10.2 Å². The average Bonchev–Trinajstić information content (AvgIpc) is 2.62. The maximum atomic E-state index is 9.32. The monoisotopic (exact) mass is 176 g/mol. The van der Waals surface area contributed by atoms with Crippen molar-refractivity contribution in [3.63, 3.8) is 0 Å². The van der Waals surface area contributed by atoms with Gasteiger partial charge in [0, 0.05) is 6.07 Å². The quantitative estimate of drug-likeness (QED) is 0.491. The van der Waals surface area contributed by atoms with Gasteiger partial charge in [0.2, 0.25) is 0 Å². The van der Waals surface area contributed by atoms with Gasteiger partial charge in [-0.2, -0.15) is 0 Å². The first-order valence-electron chi connectivity index (χ1n) is 3.71. The molecule has 13 heavy (non-hydrogen) atoms. The van der Waals surface area contributed by atoms with Crippen molar-refractivity contribution in [1.82, 2.24) is 14.8 Å². The maximum Gasteiger partial charge on any atom is 0.140 e. The van der Waals surface area contributed by atoms with Crippen LogP contribution in [0.1, 0.15) is 0 Å². The number of aromatic hydroxyl groups is 1. The summed E-state index contributed by atoms with van der Waals surface area (Å²) in [4.78, 5) is 0. The van der Waals surface area contributed by atoms with Crippen LogP contribution >= 0.6 is 0 Å². The number of nitrogen functional groups attached to an aromatic ring is 1. The van der Waals surface area contributed by atoms with Crippen LogP contribution in [-0.2, 0) is 0 Å². The van der Waals surface area contributed by atoms with E-state index in [0.29, 0.717) is 5.69 Å². The highest BCUT2D eigenvalue weighted by Gasteiger charge is 2.00. The average molecular weight is 176 g/mol. The zero-order valence-corrected chi connectivity index (χ0v) is 6.75. The topological polar surface area (TPSA) is 77.0 Å². The van der Waals surface area contributed by atoms with Crippen molar-refractivity contribution in [2.45, 2.75) is 0 Å². The number of hydrogen-bond acceptors (Lipinski definition) is 4. The Morgan fingerprint density at radius 1 is 1.23 bits per heavy atom. The van der Waals surface area contributed by atoms with Crippen LogP contribution in [0.2, 0.25) is 0 Å². The van der Waals surface area contributed by atoms with Crippen LogP contribution in [-0.4, -0.2) is 19.9 Å². The summed E-state index contributed by atoms with van der Waals surface area (Å²) < 4.78 is 1.68. The molecule has 0 aliphatic heterocycles. The van der Waals surface area contributed by atoms with E-state index in [-0.39, 0.29) is 5.75 Å². The highest BCUT2D eigenvalue weighted by atomic mass is 16.3. The molecule has 0 spiro atoms. The van der Waals surface area contributed by atoms with Gasteiger partial charge in [-0.3, -0.25) is 4.57 Å². The van der Waals surface area contributed by atoms with Gasteiger partial charge in [-0.1, -0.05) is 0 Å². The molecule has 0 unspecified atom stereocenters. The maximum absolute atomic E-state index is 9.32. The van der Waals surface area contributed by atoms with Crippen molar-refractivity contribution >= 4 is 5.69 Å². The number of aromatic nitrogens is 3. The fourth-order valence-electron chi connectivity index (χ4n) is 1.03. The standard InChI is InChI=1S/C8H8N4O/c9-7-2-1-6(3-8(7)13)12-4-10-11-5-12/h1-5,13H,9H2. The van der Waals surface area contributed by atoms with Crippen LogP contribution < -0.4 is 5.73 Å². The van der Waals surface area contributed by atoms with E-state index in [4.69, 9.17) is 5.73 Å². The highest BCUT2D eigenvalue weighted by Crippen LogP contribution is 2.22. The van der Waals surface area contributed by atoms with Gasteiger partial charge < -0.3 is 10.8 Å². The molecule has 0 saturated heterocycles. The summed E-state index contributed by atoms with van der Waals surface area (Å²) in [5.74, 6) is 0.0613. The fourth-order valence-corrected chi connectivity index (χ4v) is 1.03. The smallest absolute Gasteiger partial charge is 0.140 e. The molecular weight excluding hydrogens is 168 g/mol. The molecule has 2 rings (SSSR count). The van der Waals surface area contributed by atoms with Crippen molar-refractivity contribution in [2.24, 2.45) is 0 Å². The summed E-state index contributed by atoms with van der Waals surface area (Å²) >= 11 is 0. The largest absolute Gasteiger partial charge is 0.506 e. The Morgan fingerprint density at radius 2 is 1.92 bits per heavy atom. The number of nitrogens with zero attached hydrogens (tertiary/aromatic N) is 3. The fraction of sp³-hybridized carbons (Fsp3) is 0. The number of nitrogens with two attached hydrogens (primary N) is 1. The number of hydrogen-bond donors (Lipinski definition) is 2. The SMILES string of the molecule is Nc1ccc(-n2cnnc2)cc1O. The predicted molar refractivity (Wildman–Crippen MR) is 47.4 cm³/mol. The first-order valence-corrected chi connectivity index (χ1v) is 3.71. The molecule has 0 bridgehead atoms. The number of rotatable bonds is 1. The van der Waals surface area contributed by atoms with Gasteiger partial charge in [-0.15, -0.1) is 10.2 Å². The van der Waals surface area contributed by atoms with Crippen LogP contribution in [0.4, 0.5) is 5.69 Å². The minimum Gasteiger partial charge on any atom is -0.506 e. The lowest BCUT2D eigenvalue weighted by atomic mass is 10.2. The second-order valence-electron chi connectivity index (χ2n) is 2.61. The van der Waals surface area contributed by atoms with Crippen LogP contribution in [0.25, 0.3) is 5.69 Å². The van der Waals surface area contributed by atoms with Crippen molar-refractivity contribution in [3.8, 4) is 11.4 Å². The zero-order valence-electron chi connectivity index (χ0n) is 6.75. The third-order valence-electron chi connectivity index (χ3n) is 1.73. The third-order valence-corrected chi connectivity index (χ3v) is 1.73. The number of anilines is 1. The first-order chi connectivity index (χ1) is 6.27. The number of benzene rings is 1. The second-order valence-corrected chi connectivity index (χ2v) is 2.61. The Morgan fingerprint density at radius 3 is 2.54 bits per heavy atom. The van der Waals surface area contributed by atoms with Crippen molar-refractivity contribution in [3.05, 3.63) is 30.9 Å². The van der Waals surface area contributed by atoms with E-state index >= 15 is 0 Å².